The van der Waals surface area contributed by atoms with Gasteiger partial charge in [-0.2, -0.15) is 0 Å². The number of aliphatic imine (C=N–C) groups is 1. The summed E-state index contributed by atoms with van der Waals surface area (Å²) in [5, 5.41) is 9.30. The van der Waals surface area contributed by atoms with Crippen LogP contribution >= 0.6 is 0 Å². The third-order valence-corrected chi connectivity index (χ3v) is 4.54. The summed E-state index contributed by atoms with van der Waals surface area (Å²) in [6.45, 7) is 9.39. The Kier molecular flexibility index (Phi) is 9.57. The van der Waals surface area contributed by atoms with Crippen LogP contribution in [0.2, 0.25) is 0 Å². The van der Waals surface area contributed by atoms with Gasteiger partial charge in [-0.15, -0.1) is 0 Å². The van der Waals surface area contributed by atoms with Crippen molar-refractivity contribution in [3.63, 3.8) is 0 Å². The molecule has 3 N–H and O–H groups in total. The first kappa shape index (κ1) is 22.0. The van der Waals surface area contributed by atoms with Gasteiger partial charge in [-0.1, -0.05) is 12.1 Å². The predicted octanol–water partition coefficient (Wildman–Crippen LogP) is 0.760. The van der Waals surface area contributed by atoms with E-state index in [1.54, 1.807) is 7.11 Å². The molecule has 1 amide bonds. The van der Waals surface area contributed by atoms with E-state index in [0.717, 1.165) is 44.6 Å². The number of nitrogens with zero attached hydrogens (tertiary/aromatic N) is 2. The minimum Gasteiger partial charge on any atom is -0.497 e. The highest BCUT2D eigenvalue weighted by atomic mass is 16.5. The Hall–Kier alpha value is -2.32. The van der Waals surface area contributed by atoms with Gasteiger partial charge >= 0.3 is 0 Å². The lowest BCUT2D eigenvalue weighted by Crippen LogP contribution is -2.43. The highest BCUT2D eigenvalue weighted by Gasteiger charge is 2.22. The zero-order chi connectivity index (χ0) is 20.2. The topological polar surface area (TPSA) is 87.2 Å². The average molecular weight is 392 g/mol. The summed E-state index contributed by atoms with van der Waals surface area (Å²) >= 11 is 0. The molecule has 28 heavy (non-hydrogen) atoms. The molecule has 1 aromatic carbocycles. The van der Waals surface area contributed by atoms with Crippen LogP contribution in [0.25, 0.3) is 0 Å². The summed E-state index contributed by atoms with van der Waals surface area (Å²) < 4.78 is 10.8. The Morgan fingerprint density at radius 1 is 1.18 bits per heavy atom. The van der Waals surface area contributed by atoms with E-state index in [2.05, 4.69) is 33.0 Å². The Balaban J connectivity index is 2.07. The Labute approximate surface area is 167 Å². The maximum Gasteiger partial charge on any atom is 0.216 e. The van der Waals surface area contributed by atoms with Gasteiger partial charge in [0.05, 0.1) is 32.9 Å². The fourth-order valence-electron chi connectivity index (χ4n) is 3.09. The molecule has 2 rings (SSSR count). The predicted molar refractivity (Wildman–Crippen MR) is 111 cm³/mol. The van der Waals surface area contributed by atoms with E-state index in [-0.39, 0.29) is 11.9 Å². The van der Waals surface area contributed by atoms with Crippen LogP contribution in [-0.4, -0.2) is 76.4 Å². The number of carbonyl (C=O) groups excluding carboxylic acids is 1. The van der Waals surface area contributed by atoms with Crippen molar-refractivity contribution in [3.8, 4) is 5.75 Å². The number of ether oxygens (including phenoxy) is 2. The number of carbonyl (C=O) groups is 1. The Morgan fingerprint density at radius 3 is 2.46 bits per heavy atom. The molecule has 1 atom stereocenters. The molecule has 0 radical (unpaired) electrons. The third-order valence-electron chi connectivity index (χ3n) is 4.54. The molecule has 8 heteroatoms. The van der Waals surface area contributed by atoms with Crippen LogP contribution in [0, 0.1) is 0 Å². The van der Waals surface area contributed by atoms with Crippen LogP contribution in [-0.2, 0) is 9.53 Å². The molecule has 1 heterocycles. The second kappa shape index (κ2) is 12.2. The summed E-state index contributed by atoms with van der Waals surface area (Å²) in [4.78, 5) is 18.2. The Bertz CT molecular complexity index is 615. The van der Waals surface area contributed by atoms with Crippen LogP contribution in [0.4, 0.5) is 0 Å². The van der Waals surface area contributed by atoms with Crippen molar-refractivity contribution in [1.82, 2.24) is 20.9 Å². The Morgan fingerprint density at radius 2 is 1.86 bits per heavy atom. The number of guanidine groups is 1. The third kappa shape index (κ3) is 7.36. The van der Waals surface area contributed by atoms with Gasteiger partial charge in [-0.05, 0) is 24.6 Å². The summed E-state index contributed by atoms with van der Waals surface area (Å²) in [6.07, 6.45) is 0. The first-order valence-corrected chi connectivity index (χ1v) is 9.86. The van der Waals surface area contributed by atoms with Crippen LogP contribution in [0.3, 0.4) is 0 Å². The monoisotopic (exact) mass is 391 g/mol. The molecule has 1 aliphatic heterocycles. The minimum atomic E-state index is -0.0318. The number of hydrogen-bond donors (Lipinski definition) is 3. The molecule has 0 spiro atoms. The minimum absolute atomic E-state index is 0.0318. The zero-order valence-electron chi connectivity index (χ0n) is 17.2. The van der Waals surface area contributed by atoms with Gasteiger partial charge in [0.1, 0.15) is 5.75 Å². The molecule has 156 valence electrons. The molecule has 1 aliphatic rings. The summed E-state index contributed by atoms with van der Waals surface area (Å²) in [5.74, 6) is 1.57. The molecule has 8 nitrogen and oxygen atoms in total. The van der Waals surface area contributed by atoms with E-state index in [1.807, 2.05) is 19.1 Å². The van der Waals surface area contributed by atoms with Gasteiger partial charge in [-0.25, -0.2) is 0 Å². The highest BCUT2D eigenvalue weighted by Crippen LogP contribution is 2.24. The van der Waals surface area contributed by atoms with Crippen molar-refractivity contribution < 1.29 is 14.3 Å². The van der Waals surface area contributed by atoms with E-state index in [4.69, 9.17) is 14.5 Å². The van der Waals surface area contributed by atoms with Crippen molar-refractivity contribution in [2.75, 3.05) is 59.6 Å². The molecule has 0 saturated carbocycles. The van der Waals surface area contributed by atoms with E-state index in [1.165, 1.54) is 12.5 Å². The van der Waals surface area contributed by atoms with Gasteiger partial charge in [0.2, 0.25) is 5.91 Å². The molecule has 1 fully saturated rings. The van der Waals surface area contributed by atoms with Crippen molar-refractivity contribution >= 4 is 11.9 Å². The first-order valence-electron chi connectivity index (χ1n) is 9.86. The molecular weight excluding hydrogens is 358 g/mol. The molecule has 1 saturated heterocycles. The second-order valence-electron chi connectivity index (χ2n) is 6.57. The van der Waals surface area contributed by atoms with Crippen LogP contribution in [0.15, 0.2) is 29.3 Å². The number of benzene rings is 1. The lowest BCUT2D eigenvalue weighted by molar-refractivity contribution is -0.118. The van der Waals surface area contributed by atoms with Gasteiger partial charge in [0.15, 0.2) is 5.96 Å². The second-order valence-corrected chi connectivity index (χ2v) is 6.57. The lowest BCUT2D eigenvalue weighted by Gasteiger charge is -2.34. The van der Waals surface area contributed by atoms with Gasteiger partial charge in [0.25, 0.3) is 0 Å². The maximum atomic E-state index is 11.0. The molecule has 0 bridgehead atoms. The standard InChI is InChI=1S/C20H33N5O3/c1-4-21-20(23-10-9-22-16(2)26)24-15-19(25-11-13-28-14-12-25)17-5-7-18(27-3)8-6-17/h5-8,19H,4,9-15H2,1-3H3,(H,22,26)(H2,21,23,24). The van der Waals surface area contributed by atoms with Crippen LogP contribution in [0.1, 0.15) is 25.5 Å². The van der Waals surface area contributed by atoms with E-state index >= 15 is 0 Å². The fourth-order valence-corrected chi connectivity index (χ4v) is 3.09. The average Bonchev–Trinajstić information content (AvgIpc) is 2.72. The number of nitrogens with one attached hydrogen (secondary N) is 3. The smallest absolute Gasteiger partial charge is 0.216 e. The summed E-state index contributed by atoms with van der Waals surface area (Å²) in [7, 11) is 1.67. The van der Waals surface area contributed by atoms with Crippen LogP contribution < -0.4 is 20.7 Å². The number of rotatable bonds is 9. The molecule has 0 aliphatic carbocycles. The first-order chi connectivity index (χ1) is 13.6. The maximum absolute atomic E-state index is 11.0. The van der Waals surface area contributed by atoms with E-state index < -0.39 is 0 Å². The number of amides is 1. The SMILES string of the molecule is CCNC(=NCC(c1ccc(OC)cc1)N1CCOCC1)NCCNC(C)=O. The van der Waals surface area contributed by atoms with Gasteiger partial charge in [-0.3, -0.25) is 14.7 Å². The van der Waals surface area contributed by atoms with Crippen molar-refractivity contribution in [2.24, 2.45) is 4.99 Å². The van der Waals surface area contributed by atoms with Crippen molar-refractivity contribution in [2.45, 2.75) is 19.9 Å². The van der Waals surface area contributed by atoms with Crippen LogP contribution in [0.5, 0.6) is 5.75 Å². The molecule has 0 aromatic heterocycles. The summed E-state index contributed by atoms with van der Waals surface area (Å²) in [6, 6.07) is 8.35. The lowest BCUT2D eigenvalue weighted by atomic mass is 10.0. The number of methoxy groups -OCH3 is 1. The van der Waals surface area contributed by atoms with Gasteiger partial charge in [0, 0.05) is 39.6 Å². The van der Waals surface area contributed by atoms with Gasteiger partial charge < -0.3 is 25.4 Å². The zero-order valence-corrected chi connectivity index (χ0v) is 17.2. The van der Waals surface area contributed by atoms with Crippen molar-refractivity contribution in [3.05, 3.63) is 29.8 Å². The number of morpholine rings is 1. The van der Waals surface area contributed by atoms with Crippen molar-refractivity contribution in [1.29, 1.82) is 0 Å². The van der Waals surface area contributed by atoms with E-state index in [0.29, 0.717) is 19.6 Å². The summed E-state index contributed by atoms with van der Waals surface area (Å²) in [5.41, 5.74) is 1.21. The molecule has 1 unspecified atom stereocenters. The normalized spacial score (nSPS) is 16.3. The van der Waals surface area contributed by atoms with E-state index in [9.17, 15) is 4.79 Å². The number of hydrogen-bond acceptors (Lipinski definition) is 5. The highest BCUT2D eigenvalue weighted by molar-refractivity contribution is 5.79. The molecule has 1 aromatic rings. The quantitative estimate of drug-likeness (QED) is 0.327. The largest absolute Gasteiger partial charge is 0.497 e. The fraction of sp³-hybridized carbons (Fsp3) is 0.600. The molecular formula is C20H33N5O3.